The summed E-state index contributed by atoms with van der Waals surface area (Å²) >= 11 is 0. The number of hydrogen-bond donors (Lipinski definition) is 2. The molecule has 2 aromatic heterocycles. The summed E-state index contributed by atoms with van der Waals surface area (Å²) in [6, 6.07) is 0. The van der Waals surface area contributed by atoms with Gasteiger partial charge in [0, 0.05) is 31.5 Å². The van der Waals surface area contributed by atoms with E-state index >= 15 is 0 Å². The van der Waals surface area contributed by atoms with Crippen molar-refractivity contribution in [2.75, 3.05) is 13.1 Å². The number of guanidine groups is 1. The molecule has 0 radical (unpaired) electrons. The summed E-state index contributed by atoms with van der Waals surface area (Å²) in [6.07, 6.45) is 3.31. The third-order valence-corrected chi connectivity index (χ3v) is 3.78. The minimum atomic E-state index is 0. The zero-order valence-corrected chi connectivity index (χ0v) is 18.3. The Morgan fingerprint density at radius 1 is 1.08 bits per heavy atom. The van der Waals surface area contributed by atoms with Crippen molar-refractivity contribution >= 4 is 29.9 Å². The Morgan fingerprint density at radius 3 is 2.50 bits per heavy atom. The highest BCUT2D eigenvalue weighted by atomic mass is 127. The summed E-state index contributed by atoms with van der Waals surface area (Å²) in [4.78, 5) is 8.87. The number of nitrogens with zero attached hydrogens (tertiary/aromatic N) is 4. The summed E-state index contributed by atoms with van der Waals surface area (Å²) in [7, 11) is 0. The smallest absolute Gasteiger partial charge is 0.226 e. The Morgan fingerprint density at radius 2 is 1.88 bits per heavy atom. The van der Waals surface area contributed by atoms with E-state index in [1.165, 1.54) is 0 Å². The maximum absolute atomic E-state index is 5.39. The quantitative estimate of drug-likeness (QED) is 0.248. The minimum Gasteiger partial charge on any atom is -0.361 e. The molecule has 9 heteroatoms. The lowest BCUT2D eigenvalue weighted by Crippen LogP contribution is -2.37. The fourth-order valence-electron chi connectivity index (χ4n) is 2.50. The first-order valence-electron chi connectivity index (χ1n) is 8.95. The van der Waals surface area contributed by atoms with Gasteiger partial charge >= 0.3 is 0 Å². The summed E-state index contributed by atoms with van der Waals surface area (Å²) in [5.41, 5.74) is 2.09. The highest BCUT2D eigenvalue weighted by Crippen LogP contribution is 2.16. The van der Waals surface area contributed by atoms with Crippen molar-refractivity contribution < 1.29 is 9.05 Å². The molecule has 2 rings (SSSR count). The van der Waals surface area contributed by atoms with Gasteiger partial charge in [0.2, 0.25) is 5.89 Å². The molecule has 8 nitrogen and oxygen atoms in total. The van der Waals surface area contributed by atoms with Gasteiger partial charge in [0.1, 0.15) is 5.76 Å². The van der Waals surface area contributed by atoms with E-state index in [1.807, 2.05) is 13.8 Å². The average molecular weight is 476 g/mol. The standard InChI is InChI=1S/C17H28N6O2.HI/c1-5-14-13(15(6-2)24-23-14)11-20-17(18-7-3)19-10-8-9-16-21-12(4)22-25-16;/h5-11H2,1-4H3,(H2,18,19,20);1H. The second-order valence-electron chi connectivity index (χ2n) is 5.70. The van der Waals surface area contributed by atoms with Gasteiger partial charge in [-0.25, -0.2) is 4.99 Å². The summed E-state index contributed by atoms with van der Waals surface area (Å²) in [5, 5.41) is 14.5. The zero-order valence-electron chi connectivity index (χ0n) is 16.0. The van der Waals surface area contributed by atoms with Gasteiger partial charge in [-0.15, -0.1) is 24.0 Å². The lowest BCUT2D eigenvalue weighted by molar-refractivity contribution is 0.372. The van der Waals surface area contributed by atoms with E-state index in [-0.39, 0.29) is 24.0 Å². The maximum Gasteiger partial charge on any atom is 0.226 e. The van der Waals surface area contributed by atoms with E-state index in [4.69, 9.17) is 9.05 Å². The van der Waals surface area contributed by atoms with Crippen molar-refractivity contribution in [2.45, 2.75) is 59.9 Å². The van der Waals surface area contributed by atoms with Gasteiger partial charge in [0.05, 0.1) is 12.2 Å². The van der Waals surface area contributed by atoms with Crippen molar-refractivity contribution in [3.63, 3.8) is 0 Å². The molecule has 0 aliphatic rings. The molecular weight excluding hydrogens is 447 g/mol. The van der Waals surface area contributed by atoms with Crippen LogP contribution in [-0.4, -0.2) is 34.3 Å². The third-order valence-electron chi connectivity index (χ3n) is 3.78. The van der Waals surface area contributed by atoms with Gasteiger partial charge in [-0.2, -0.15) is 4.98 Å². The van der Waals surface area contributed by atoms with Crippen molar-refractivity contribution in [3.05, 3.63) is 28.7 Å². The summed E-state index contributed by atoms with van der Waals surface area (Å²) in [5.74, 6) is 3.05. The molecule has 2 aromatic rings. The van der Waals surface area contributed by atoms with Crippen LogP contribution in [0.1, 0.15) is 55.9 Å². The lowest BCUT2D eigenvalue weighted by atomic mass is 10.1. The third kappa shape index (κ3) is 6.58. The first-order valence-corrected chi connectivity index (χ1v) is 8.95. The molecule has 146 valence electrons. The van der Waals surface area contributed by atoms with E-state index in [9.17, 15) is 0 Å². The Balaban J connectivity index is 0.00000338. The molecule has 0 amide bonds. The van der Waals surface area contributed by atoms with Crippen LogP contribution in [0.25, 0.3) is 0 Å². The Bertz CT molecular complexity index is 661. The molecule has 0 atom stereocenters. The van der Waals surface area contributed by atoms with Gasteiger partial charge in [0.15, 0.2) is 11.8 Å². The molecule has 2 N–H and O–H groups in total. The van der Waals surface area contributed by atoms with Crippen LogP contribution in [0.4, 0.5) is 0 Å². The molecule has 0 unspecified atom stereocenters. The van der Waals surface area contributed by atoms with Crippen LogP contribution in [-0.2, 0) is 25.8 Å². The van der Waals surface area contributed by atoms with Crippen LogP contribution in [0.15, 0.2) is 14.0 Å². The molecule has 0 saturated heterocycles. The largest absolute Gasteiger partial charge is 0.361 e. The lowest BCUT2D eigenvalue weighted by Gasteiger charge is -2.10. The normalized spacial score (nSPS) is 11.3. The second kappa shape index (κ2) is 11.9. The van der Waals surface area contributed by atoms with Crippen molar-refractivity contribution in [2.24, 2.45) is 4.99 Å². The Hall–Kier alpha value is -1.65. The molecule has 0 bridgehead atoms. The summed E-state index contributed by atoms with van der Waals surface area (Å²) in [6.45, 7) is 10.2. The fraction of sp³-hybridized carbons (Fsp3) is 0.647. The number of halogens is 1. The fourth-order valence-corrected chi connectivity index (χ4v) is 2.50. The Kier molecular flexibility index (Phi) is 10.2. The zero-order chi connectivity index (χ0) is 18.1. The minimum absolute atomic E-state index is 0. The van der Waals surface area contributed by atoms with Gasteiger partial charge < -0.3 is 19.7 Å². The SMILES string of the molecule is CCNC(=NCc1c(CC)noc1CC)NCCCc1nc(C)no1.I. The number of nitrogens with one attached hydrogen (secondary N) is 2. The van der Waals surface area contributed by atoms with E-state index in [0.29, 0.717) is 18.3 Å². The van der Waals surface area contributed by atoms with Crippen LogP contribution in [0.2, 0.25) is 0 Å². The van der Waals surface area contributed by atoms with Crippen molar-refractivity contribution in [3.8, 4) is 0 Å². The van der Waals surface area contributed by atoms with Crippen LogP contribution >= 0.6 is 24.0 Å². The first-order chi connectivity index (χ1) is 12.2. The molecule has 2 heterocycles. The van der Waals surface area contributed by atoms with Gasteiger partial charge in [-0.3, -0.25) is 0 Å². The van der Waals surface area contributed by atoms with E-state index in [1.54, 1.807) is 0 Å². The van der Waals surface area contributed by atoms with E-state index in [2.05, 4.69) is 44.8 Å². The van der Waals surface area contributed by atoms with Crippen LogP contribution in [0.5, 0.6) is 0 Å². The predicted octanol–water partition coefficient (Wildman–Crippen LogP) is 2.80. The van der Waals surface area contributed by atoms with Gasteiger partial charge in [-0.05, 0) is 26.7 Å². The monoisotopic (exact) mass is 476 g/mol. The maximum atomic E-state index is 5.39. The second-order valence-corrected chi connectivity index (χ2v) is 5.70. The molecule has 26 heavy (non-hydrogen) atoms. The molecule has 0 saturated carbocycles. The molecule has 0 spiro atoms. The highest BCUT2D eigenvalue weighted by molar-refractivity contribution is 14.0. The number of aromatic nitrogens is 3. The highest BCUT2D eigenvalue weighted by Gasteiger charge is 2.13. The number of rotatable bonds is 9. The predicted molar refractivity (Wildman–Crippen MR) is 111 cm³/mol. The van der Waals surface area contributed by atoms with Crippen LogP contribution in [0.3, 0.4) is 0 Å². The molecule has 0 fully saturated rings. The van der Waals surface area contributed by atoms with Crippen LogP contribution < -0.4 is 10.6 Å². The van der Waals surface area contributed by atoms with E-state index < -0.39 is 0 Å². The molecule has 0 aliphatic heterocycles. The van der Waals surface area contributed by atoms with Crippen molar-refractivity contribution in [1.29, 1.82) is 0 Å². The van der Waals surface area contributed by atoms with E-state index in [0.717, 1.165) is 61.7 Å². The van der Waals surface area contributed by atoms with Gasteiger partial charge in [-0.1, -0.05) is 24.2 Å². The number of hydrogen-bond acceptors (Lipinski definition) is 6. The molecule has 0 aliphatic carbocycles. The number of aryl methyl sites for hydroxylation is 4. The topological polar surface area (TPSA) is 101 Å². The molecular formula is C17H29IN6O2. The van der Waals surface area contributed by atoms with Gasteiger partial charge in [0.25, 0.3) is 0 Å². The number of aliphatic imine (C=N–C) groups is 1. The molecule has 0 aromatic carbocycles. The summed E-state index contributed by atoms with van der Waals surface area (Å²) < 4.78 is 10.5. The Labute approximate surface area is 171 Å². The average Bonchev–Trinajstić information content (AvgIpc) is 3.21. The first kappa shape index (κ1) is 22.4. The van der Waals surface area contributed by atoms with Crippen LogP contribution in [0, 0.1) is 6.92 Å². The van der Waals surface area contributed by atoms with Crippen molar-refractivity contribution in [1.82, 2.24) is 25.9 Å².